The summed E-state index contributed by atoms with van der Waals surface area (Å²) >= 11 is 0. The molecule has 2 aliphatic heterocycles. The van der Waals surface area contributed by atoms with Crippen LogP contribution in [0.4, 0.5) is 10.5 Å². The first kappa shape index (κ1) is 17.7. The Labute approximate surface area is 149 Å². The largest absolute Gasteiger partial charge is 0.338 e. The highest BCUT2D eigenvalue weighted by Gasteiger charge is 2.48. The van der Waals surface area contributed by atoms with Gasteiger partial charge < -0.3 is 15.1 Å². The first-order chi connectivity index (χ1) is 12.1. The monoisotopic (exact) mass is 344 g/mol. The summed E-state index contributed by atoms with van der Waals surface area (Å²) < 4.78 is 0. The van der Waals surface area contributed by atoms with Gasteiger partial charge in [0, 0.05) is 31.9 Å². The van der Waals surface area contributed by atoms with E-state index in [0.29, 0.717) is 19.6 Å². The van der Waals surface area contributed by atoms with E-state index in [1.807, 2.05) is 47.2 Å². The molecule has 2 saturated heterocycles. The Morgan fingerprint density at radius 3 is 2.72 bits per heavy atom. The smallest absolute Gasteiger partial charge is 0.317 e. The van der Waals surface area contributed by atoms with E-state index < -0.39 is 0 Å². The molecule has 6 heteroatoms. The van der Waals surface area contributed by atoms with Crippen molar-refractivity contribution in [1.82, 2.24) is 15.1 Å². The van der Waals surface area contributed by atoms with Crippen molar-refractivity contribution in [2.75, 3.05) is 44.7 Å². The lowest BCUT2D eigenvalue weighted by Gasteiger charge is -2.46. The molecule has 1 aromatic rings. The summed E-state index contributed by atoms with van der Waals surface area (Å²) in [7, 11) is 2.00. The van der Waals surface area contributed by atoms with E-state index in [4.69, 9.17) is 0 Å². The molecule has 0 radical (unpaired) electrons. The first-order valence-corrected chi connectivity index (χ1v) is 9.15. The average Bonchev–Trinajstić information content (AvgIpc) is 3.05. The lowest BCUT2D eigenvalue weighted by atomic mass is 9.92. The lowest BCUT2D eigenvalue weighted by molar-refractivity contribution is -0.123. The van der Waals surface area contributed by atoms with Gasteiger partial charge in [-0.2, -0.15) is 0 Å². The Kier molecular flexibility index (Phi) is 5.27. The number of likely N-dealkylation sites (N-methyl/N-ethyl adjacent to an activating group) is 1. The van der Waals surface area contributed by atoms with Crippen molar-refractivity contribution in [2.24, 2.45) is 0 Å². The maximum atomic E-state index is 12.5. The van der Waals surface area contributed by atoms with Gasteiger partial charge in [-0.15, -0.1) is 0 Å². The second-order valence-corrected chi connectivity index (χ2v) is 7.15. The minimum Gasteiger partial charge on any atom is -0.338 e. The third-order valence-electron chi connectivity index (χ3n) is 5.43. The molecule has 1 N–H and O–H groups in total. The second kappa shape index (κ2) is 7.44. The number of nitrogens with one attached hydrogen (secondary N) is 1. The van der Waals surface area contributed by atoms with Crippen molar-refractivity contribution in [3.05, 3.63) is 30.3 Å². The van der Waals surface area contributed by atoms with Crippen molar-refractivity contribution >= 4 is 17.6 Å². The third-order valence-corrected chi connectivity index (χ3v) is 5.43. The van der Waals surface area contributed by atoms with Crippen LogP contribution in [-0.4, -0.2) is 67.0 Å². The Bertz CT molecular complexity index is 621. The van der Waals surface area contributed by atoms with Gasteiger partial charge in [-0.3, -0.25) is 9.69 Å². The van der Waals surface area contributed by atoms with Gasteiger partial charge in [0.1, 0.15) is 0 Å². The highest BCUT2D eigenvalue weighted by atomic mass is 16.2. The third kappa shape index (κ3) is 3.63. The number of amides is 3. The van der Waals surface area contributed by atoms with Crippen molar-refractivity contribution in [3.63, 3.8) is 0 Å². The molecule has 3 amide bonds. The molecule has 136 valence electrons. The van der Waals surface area contributed by atoms with E-state index in [9.17, 15) is 9.59 Å². The Morgan fingerprint density at radius 2 is 2.00 bits per heavy atom. The maximum Gasteiger partial charge on any atom is 0.317 e. The van der Waals surface area contributed by atoms with E-state index in [1.54, 1.807) is 0 Å². The molecule has 1 atom stereocenters. The average molecular weight is 344 g/mol. The number of unbranched alkanes of at least 4 members (excludes halogenated alkanes) is 1. The standard InChI is InChI=1S/C19H28N4O2/c1-3-4-11-20-18(25)22-12-10-19(14-22)15-23(17(24)13-21(19)2)16-8-6-5-7-9-16/h5-9H,3-4,10-15H2,1-2H3,(H,20,25)/t19-/m1/s1. The van der Waals surface area contributed by atoms with Crippen LogP contribution in [-0.2, 0) is 4.79 Å². The number of carbonyl (C=O) groups excluding carboxylic acids is 2. The van der Waals surface area contributed by atoms with E-state index in [0.717, 1.165) is 38.0 Å². The number of likely N-dealkylation sites (tertiary alicyclic amines) is 1. The summed E-state index contributed by atoms with van der Waals surface area (Å²) in [5.41, 5.74) is 0.775. The van der Waals surface area contributed by atoms with Crippen LogP contribution in [0.5, 0.6) is 0 Å². The minimum absolute atomic E-state index is 0.0156. The molecular weight excluding hydrogens is 316 g/mol. The number of para-hydroxylation sites is 1. The van der Waals surface area contributed by atoms with Gasteiger partial charge in [0.2, 0.25) is 5.91 Å². The molecule has 0 aromatic heterocycles. The van der Waals surface area contributed by atoms with Crippen molar-refractivity contribution < 1.29 is 9.59 Å². The van der Waals surface area contributed by atoms with Crippen LogP contribution in [0.25, 0.3) is 0 Å². The zero-order chi connectivity index (χ0) is 17.9. The number of rotatable bonds is 4. The molecule has 25 heavy (non-hydrogen) atoms. The number of anilines is 1. The Morgan fingerprint density at radius 1 is 1.24 bits per heavy atom. The fourth-order valence-corrected chi connectivity index (χ4v) is 3.76. The number of benzene rings is 1. The molecule has 2 fully saturated rings. The molecule has 2 heterocycles. The molecular formula is C19H28N4O2. The van der Waals surface area contributed by atoms with Gasteiger partial charge in [-0.05, 0) is 32.0 Å². The lowest BCUT2D eigenvalue weighted by Crippen LogP contribution is -2.64. The Hall–Kier alpha value is -2.08. The van der Waals surface area contributed by atoms with E-state index in [-0.39, 0.29) is 17.5 Å². The molecule has 3 rings (SSSR count). The molecule has 0 bridgehead atoms. The van der Waals surface area contributed by atoms with Crippen LogP contribution in [0.15, 0.2) is 30.3 Å². The van der Waals surface area contributed by atoms with Crippen molar-refractivity contribution in [3.8, 4) is 0 Å². The molecule has 2 aliphatic rings. The topological polar surface area (TPSA) is 55.9 Å². The van der Waals surface area contributed by atoms with E-state index in [1.165, 1.54) is 0 Å². The van der Waals surface area contributed by atoms with Crippen molar-refractivity contribution in [1.29, 1.82) is 0 Å². The number of hydrogen-bond acceptors (Lipinski definition) is 3. The SMILES string of the molecule is CCCCNC(=O)N1CC[C@@]2(C1)CN(c1ccccc1)C(=O)CN2C. The highest BCUT2D eigenvalue weighted by molar-refractivity contribution is 5.96. The predicted molar refractivity (Wildman–Crippen MR) is 98.7 cm³/mol. The second-order valence-electron chi connectivity index (χ2n) is 7.15. The normalized spacial score (nSPS) is 24.2. The predicted octanol–water partition coefficient (Wildman–Crippen LogP) is 1.92. The molecule has 0 aliphatic carbocycles. The summed E-state index contributed by atoms with van der Waals surface area (Å²) in [6.45, 7) is 5.26. The fourth-order valence-electron chi connectivity index (χ4n) is 3.76. The zero-order valence-corrected chi connectivity index (χ0v) is 15.2. The van der Waals surface area contributed by atoms with E-state index in [2.05, 4.69) is 17.1 Å². The van der Waals surface area contributed by atoms with Crippen LogP contribution in [0.3, 0.4) is 0 Å². The van der Waals surface area contributed by atoms with Crippen LogP contribution in [0.1, 0.15) is 26.2 Å². The van der Waals surface area contributed by atoms with Crippen LogP contribution >= 0.6 is 0 Å². The number of nitrogens with zero attached hydrogens (tertiary/aromatic N) is 3. The van der Waals surface area contributed by atoms with Gasteiger partial charge in [0.15, 0.2) is 0 Å². The number of carbonyl (C=O) groups is 2. The van der Waals surface area contributed by atoms with Crippen LogP contribution < -0.4 is 10.2 Å². The van der Waals surface area contributed by atoms with Gasteiger partial charge in [-0.1, -0.05) is 31.5 Å². The molecule has 6 nitrogen and oxygen atoms in total. The van der Waals surface area contributed by atoms with E-state index >= 15 is 0 Å². The van der Waals surface area contributed by atoms with Gasteiger partial charge in [0.25, 0.3) is 0 Å². The molecule has 0 unspecified atom stereocenters. The maximum absolute atomic E-state index is 12.5. The number of hydrogen-bond donors (Lipinski definition) is 1. The molecule has 0 saturated carbocycles. The summed E-state index contributed by atoms with van der Waals surface area (Å²) in [4.78, 5) is 30.8. The highest BCUT2D eigenvalue weighted by Crippen LogP contribution is 2.33. The van der Waals surface area contributed by atoms with Crippen molar-refractivity contribution in [2.45, 2.75) is 31.7 Å². The minimum atomic E-state index is -0.161. The first-order valence-electron chi connectivity index (χ1n) is 9.15. The zero-order valence-electron chi connectivity index (χ0n) is 15.2. The van der Waals surface area contributed by atoms with Gasteiger partial charge in [-0.25, -0.2) is 4.79 Å². The van der Waals surface area contributed by atoms with Gasteiger partial charge >= 0.3 is 6.03 Å². The summed E-state index contributed by atoms with van der Waals surface area (Å²) in [5.74, 6) is 0.116. The number of piperazine rings is 1. The van der Waals surface area contributed by atoms with Crippen LogP contribution in [0.2, 0.25) is 0 Å². The number of urea groups is 1. The Balaban J connectivity index is 1.70. The molecule has 1 spiro atoms. The van der Waals surface area contributed by atoms with Crippen LogP contribution in [0, 0.1) is 0 Å². The summed E-state index contributed by atoms with van der Waals surface area (Å²) in [6.07, 6.45) is 2.96. The summed E-state index contributed by atoms with van der Waals surface area (Å²) in [5, 5.41) is 3.00. The fraction of sp³-hybridized carbons (Fsp3) is 0.579. The van der Waals surface area contributed by atoms with Gasteiger partial charge in [0.05, 0.1) is 12.1 Å². The quantitative estimate of drug-likeness (QED) is 0.849. The molecule has 1 aromatic carbocycles. The summed E-state index contributed by atoms with van der Waals surface area (Å²) in [6, 6.07) is 9.83.